The number of hydrogen-bond donors (Lipinski definition) is 2. The van der Waals surface area contributed by atoms with Crippen LogP contribution in [0.5, 0.6) is 0 Å². The number of aliphatic imine (C=N–C) groups is 1. The van der Waals surface area contributed by atoms with Crippen molar-refractivity contribution in [3.63, 3.8) is 0 Å². The van der Waals surface area contributed by atoms with Crippen molar-refractivity contribution in [1.29, 1.82) is 0 Å². The third-order valence-electron chi connectivity index (χ3n) is 10.2. The van der Waals surface area contributed by atoms with Crippen molar-refractivity contribution in [2.24, 2.45) is 4.99 Å². The molecule has 0 fully saturated rings. The van der Waals surface area contributed by atoms with E-state index in [0.717, 1.165) is 55.6 Å². The lowest BCUT2D eigenvalue weighted by Gasteiger charge is -2.32. The van der Waals surface area contributed by atoms with Crippen molar-refractivity contribution in [2.45, 2.75) is 12.3 Å². The Bertz CT molecular complexity index is 2750. The number of furan rings is 1. The maximum atomic E-state index is 6.48. The molecule has 1 aliphatic rings. The van der Waals surface area contributed by atoms with Crippen molar-refractivity contribution in [3.8, 4) is 22.3 Å². The van der Waals surface area contributed by atoms with E-state index in [1.54, 1.807) is 0 Å². The van der Waals surface area contributed by atoms with Gasteiger partial charge in [0.1, 0.15) is 29.3 Å². The van der Waals surface area contributed by atoms with E-state index in [0.29, 0.717) is 0 Å². The number of nitrogens with one attached hydrogen (secondary N) is 2. The van der Waals surface area contributed by atoms with Crippen LogP contribution in [0, 0.1) is 0 Å². The van der Waals surface area contributed by atoms with Gasteiger partial charge in [-0.1, -0.05) is 152 Å². The van der Waals surface area contributed by atoms with Gasteiger partial charge in [0.15, 0.2) is 0 Å². The van der Waals surface area contributed by atoms with Gasteiger partial charge in [-0.25, -0.2) is 4.99 Å². The zero-order chi connectivity index (χ0) is 33.7. The van der Waals surface area contributed by atoms with Crippen molar-refractivity contribution >= 4 is 49.3 Å². The number of benzene rings is 8. The van der Waals surface area contributed by atoms with E-state index < -0.39 is 0 Å². The Morgan fingerprint density at radius 3 is 1.96 bits per heavy atom. The van der Waals surface area contributed by atoms with Crippen LogP contribution >= 0.6 is 0 Å². The van der Waals surface area contributed by atoms with Crippen molar-refractivity contribution in [1.82, 2.24) is 10.6 Å². The van der Waals surface area contributed by atoms with Gasteiger partial charge >= 0.3 is 0 Å². The Hall–Kier alpha value is -6.49. The first-order valence-electron chi connectivity index (χ1n) is 17.4. The first-order valence-corrected chi connectivity index (χ1v) is 17.4. The fourth-order valence-corrected chi connectivity index (χ4v) is 7.56. The van der Waals surface area contributed by atoms with E-state index in [1.165, 1.54) is 32.7 Å². The Balaban J connectivity index is 1.03. The predicted octanol–water partition coefficient (Wildman–Crippen LogP) is 11.6. The molecule has 0 aliphatic carbocycles. The largest absolute Gasteiger partial charge is 0.456 e. The Morgan fingerprint density at radius 1 is 0.451 bits per heavy atom. The topological polar surface area (TPSA) is 49.6 Å². The van der Waals surface area contributed by atoms with Crippen molar-refractivity contribution in [2.75, 3.05) is 0 Å². The van der Waals surface area contributed by atoms with E-state index in [4.69, 9.17) is 9.41 Å². The molecule has 242 valence electrons. The summed E-state index contributed by atoms with van der Waals surface area (Å²) in [6.07, 6.45) is -0.408. The van der Waals surface area contributed by atoms with Gasteiger partial charge in [0.05, 0.1) is 0 Å². The summed E-state index contributed by atoms with van der Waals surface area (Å²) in [5, 5.41) is 14.7. The molecule has 2 unspecified atom stereocenters. The van der Waals surface area contributed by atoms with Gasteiger partial charge in [-0.15, -0.1) is 0 Å². The van der Waals surface area contributed by atoms with Gasteiger partial charge in [-0.3, -0.25) is 5.32 Å². The highest BCUT2D eigenvalue weighted by atomic mass is 16.3. The zero-order valence-corrected chi connectivity index (χ0v) is 27.8. The van der Waals surface area contributed by atoms with Crippen LogP contribution in [-0.4, -0.2) is 5.84 Å². The highest BCUT2D eigenvalue weighted by molar-refractivity contribution is 6.18. The summed E-state index contributed by atoms with van der Waals surface area (Å²) in [7, 11) is 0. The van der Waals surface area contributed by atoms with E-state index in [2.05, 4.69) is 168 Å². The molecule has 0 amide bonds. The maximum absolute atomic E-state index is 6.48. The fraction of sp³-hybridized carbons (Fsp3) is 0.0426. The van der Waals surface area contributed by atoms with Crippen molar-refractivity contribution in [3.05, 3.63) is 193 Å². The van der Waals surface area contributed by atoms with Gasteiger partial charge in [0.25, 0.3) is 0 Å². The van der Waals surface area contributed by atoms with Gasteiger partial charge in [0.2, 0.25) is 0 Å². The summed E-state index contributed by atoms with van der Waals surface area (Å²) in [4.78, 5) is 5.27. The van der Waals surface area contributed by atoms with Crippen LogP contribution in [0.3, 0.4) is 0 Å². The number of nitrogens with zero attached hydrogens (tertiary/aromatic N) is 1. The summed E-state index contributed by atoms with van der Waals surface area (Å²) in [6, 6.07) is 62.3. The number of rotatable bonds is 5. The average Bonchev–Trinajstić information content (AvgIpc) is 3.59. The number of hydrogen-bond acceptors (Lipinski definition) is 4. The quantitative estimate of drug-likeness (QED) is 0.181. The Labute approximate surface area is 295 Å². The second-order valence-corrected chi connectivity index (χ2v) is 13.2. The summed E-state index contributed by atoms with van der Waals surface area (Å²) < 4.78 is 6.48. The molecular formula is C47H33N3O. The highest BCUT2D eigenvalue weighted by Crippen LogP contribution is 2.36. The van der Waals surface area contributed by atoms with Gasteiger partial charge in [0, 0.05) is 16.3 Å². The second kappa shape index (κ2) is 12.1. The van der Waals surface area contributed by atoms with Crippen LogP contribution in [0.1, 0.15) is 29.0 Å². The molecule has 0 radical (unpaired) electrons. The molecule has 4 heteroatoms. The summed E-state index contributed by atoms with van der Waals surface area (Å²) in [5.41, 5.74) is 9.65. The lowest BCUT2D eigenvalue weighted by Crippen LogP contribution is -2.45. The molecule has 51 heavy (non-hydrogen) atoms. The standard InChI is InChI=1S/C47H33N3O/c1-3-10-30(11-4-1)37-26-27-39-43(29-37)51-42-17-9-16-40(44(39)42)47-49-45(34-13-5-2-6-14-34)48-46(50-47)35-23-18-31(19-24-35)36-25-22-33-21-20-32-12-7-8-15-38(32)41(33)28-36/h1-29,45-46,48H,(H,49,50). The van der Waals surface area contributed by atoms with Crippen LogP contribution in [0.4, 0.5) is 0 Å². The van der Waals surface area contributed by atoms with Crippen LogP contribution < -0.4 is 10.6 Å². The van der Waals surface area contributed by atoms with E-state index in [1.807, 2.05) is 18.2 Å². The molecule has 2 N–H and O–H groups in total. The minimum Gasteiger partial charge on any atom is -0.456 e. The SMILES string of the molecule is c1ccc(-c2ccc3c(c2)oc2cccc(C4=NC(c5ccccc5)NC(c5ccc(-c6ccc7ccc8ccccc8c7c6)cc5)N4)c23)cc1. The normalized spacial score (nSPS) is 16.0. The first kappa shape index (κ1) is 29.4. The van der Waals surface area contributed by atoms with Crippen LogP contribution in [0.25, 0.3) is 65.7 Å². The molecule has 8 aromatic carbocycles. The maximum Gasteiger partial charge on any atom is 0.136 e. The lowest BCUT2D eigenvalue weighted by molar-refractivity contribution is 0.409. The molecule has 0 saturated carbocycles. The van der Waals surface area contributed by atoms with E-state index in [-0.39, 0.29) is 12.3 Å². The molecule has 1 aromatic heterocycles. The molecule has 2 heterocycles. The molecule has 1 aliphatic heterocycles. The molecule has 0 saturated heterocycles. The molecule has 2 atom stereocenters. The zero-order valence-electron chi connectivity index (χ0n) is 27.8. The van der Waals surface area contributed by atoms with Crippen LogP contribution in [-0.2, 0) is 0 Å². The predicted molar refractivity (Wildman–Crippen MR) is 211 cm³/mol. The highest BCUT2D eigenvalue weighted by Gasteiger charge is 2.27. The van der Waals surface area contributed by atoms with Gasteiger partial charge in [-0.2, -0.15) is 0 Å². The van der Waals surface area contributed by atoms with Crippen LogP contribution in [0.15, 0.2) is 185 Å². The molecule has 10 rings (SSSR count). The minimum atomic E-state index is -0.237. The van der Waals surface area contributed by atoms with E-state index >= 15 is 0 Å². The van der Waals surface area contributed by atoms with Crippen LogP contribution in [0.2, 0.25) is 0 Å². The first-order chi connectivity index (χ1) is 25.2. The summed E-state index contributed by atoms with van der Waals surface area (Å²) in [5.74, 6) is 0.832. The van der Waals surface area contributed by atoms with Gasteiger partial charge in [-0.05, 0) is 79.2 Å². The molecule has 9 aromatic rings. The minimum absolute atomic E-state index is 0.171. The molecule has 0 bridgehead atoms. The third-order valence-corrected chi connectivity index (χ3v) is 10.2. The number of amidine groups is 1. The van der Waals surface area contributed by atoms with E-state index in [9.17, 15) is 0 Å². The van der Waals surface area contributed by atoms with Gasteiger partial charge < -0.3 is 9.73 Å². The molecule has 0 spiro atoms. The van der Waals surface area contributed by atoms with Crippen molar-refractivity contribution < 1.29 is 4.42 Å². The fourth-order valence-electron chi connectivity index (χ4n) is 7.56. The Morgan fingerprint density at radius 2 is 1.12 bits per heavy atom. The average molecular weight is 656 g/mol. The summed E-state index contributed by atoms with van der Waals surface area (Å²) in [6.45, 7) is 0. The molecular weight excluding hydrogens is 623 g/mol. The third kappa shape index (κ3) is 5.25. The monoisotopic (exact) mass is 655 g/mol. The summed E-state index contributed by atoms with van der Waals surface area (Å²) >= 11 is 0. The lowest BCUT2D eigenvalue weighted by atomic mass is 9.96. The molecule has 4 nitrogen and oxygen atoms in total. The smallest absolute Gasteiger partial charge is 0.136 e. The Kier molecular flexibility index (Phi) is 7.00. The second-order valence-electron chi connectivity index (χ2n) is 13.2. The number of fused-ring (bicyclic) bond motifs is 6.